The van der Waals surface area contributed by atoms with E-state index in [4.69, 9.17) is 4.74 Å². The van der Waals surface area contributed by atoms with E-state index in [0.717, 1.165) is 18.8 Å². The van der Waals surface area contributed by atoms with E-state index >= 15 is 0 Å². The molecule has 3 atom stereocenters. The molecule has 20 heavy (non-hydrogen) atoms. The van der Waals surface area contributed by atoms with E-state index in [1.54, 1.807) is 19.0 Å². The summed E-state index contributed by atoms with van der Waals surface area (Å²) in [6.07, 6.45) is 5.02. The molecule has 0 saturated heterocycles. The van der Waals surface area contributed by atoms with Gasteiger partial charge < -0.3 is 20.1 Å². The van der Waals surface area contributed by atoms with E-state index in [0.29, 0.717) is 32.2 Å². The lowest BCUT2D eigenvalue weighted by Gasteiger charge is -2.27. The van der Waals surface area contributed by atoms with Crippen LogP contribution in [0.25, 0.3) is 0 Å². The number of rotatable bonds is 8. The summed E-state index contributed by atoms with van der Waals surface area (Å²) in [5, 5.41) is 12.9. The molecule has 0 aromatic heterocycles. The second kappa shape index (κ2) is 9.32. The van der Waals surface area contributed by atoms with Crippen LogP contribution >= 0.6 is 0 Å². The molecule has 1 aliphatic carbocycles. The minimum absolute atomic E-state index is 0.0967. The third-order valence-corrected chi connectivity index (χ3v) is 3.81. The molecule has 0 aromatic rings. The lowest BCUT2D eigenvalue weighted by Crippen LogP contribution is -2.35. The first-order valence-electron chi connectivity index (χ1n) is 7.69. The summed E-state index contributed by atoms with van der Waals surface area (Å²) in [5.74, 6) is 0.834. The fourth-order valence-electron chi connectivity index (χ4n) is 2.52. The Morgan fingerprint density at radius 3 is 2.85 bits per heavy atom. The van der Waals surface area contributed by atoms with Crippen molar-refractivity contribution in [3.05, 3.63) is 0 Å². The Hall–Kier alpha value is -0.650. The van der Waals surface area contributed by atoms with Gasteiger partial charge in [0.05, 0.1) is 18.8 Å². The first kappa shape index (κ1) is 17.4. The number of aliphatic hydroxyl groups excluding tert-OH is 1. The predicted octanol–water partition coefficient (Wildman–Crippen LogP) is 1.01. The molecule has 0 heterocycles. The number of hydrogen-bond donors (Lipinski definition) is 2. The molecule has 5 nitrogen and oxygen atoms in total. The van der Waals surface area contributed by atoms with Gasteiger partial charge in [-0.2, -0.15) is 0 Å². The van der Waals surface area contributed by atoms with Gasteiger partial charge in [0.15, 0.2) is 0 Å². The highest BCUT2D eigenvalue weighted by Gasteiger charge is 2.20. The van der Waals surface area contributed by atoms with Crippen molar-refractivity contribution in [2.75, 3.05) is 33.8 Å². The monoisotopic (exact) mass is 286 g/mol. The van der Waals surface area contributed by atoms with Gasteiger partial charge in [-0.05, 0) is 18.8 Å². The second-order valence-electron chi connectivity index (χ2n) is 6.12. The smallest absolute Gasteiger partial charge is 0.223 e. The molecule has 3 unspecified atom stereocenters. The van der Waals surface area contributed by atoms with Crippen LogP contribution in [0.1, 0.15) is 39.0 Å². The van der Waals surface area contributed by atoms with E-state index < -0.39 is 6.10 Å². The van der Waals surface area contributed by atoms with E-state index in [1.165, 1.54) is 12.8 Å². The fourth-order valence-corrected chi connectivity index (χ4v) is 2.52. The first-order chi connectivity index (χ1) is 9.49. The summed E-state index contributed by atoms with van der Waals surface area (Å²) in [7, 11) is 3.49. The molecular weight excluding hydrogens is 256 g/mol. The molecule has 0 spiro atoms. The molecule has 0 radical (unpaired) electrons. The highest BCUT2D eigenvalue weighted by atomic mass is 16.5. The Labute approximate surface area is 122 Å². The van der Waals surface area contributed by atoms with Crippen LogP contribution < -0.4 is 5.32 Å². The van der Waals surface area contributed by atoms with E-state index in [-0.39, 0.29) is 5.91 Å². The summed E-state index contributed by atoms with van der Waals surface area (Å²) < 4.78 is 5.77. The highest BCUT2D eigenvalue weighted by molar-refractivity contribution is 5.75. The van der Waals surface area contributed by atoms with Gasteiger partial charge in [-0.3, -0.25) is 4.79 Å². The first-order valence-corrected chi connectivity index (χ1v) is 7.69. The maximum Gasteiger partial charge on any atom is 0.223 e. The van der Waals surface area contributed by atoms with Crippen molar-refractivity contribution in [2.45, 2.75) is 51.2 Å². The zero-order chi connectivity index (χ0) is 15.0. The Bertz CT molecular complexity index is 284. The van der Waals surface area contributed by atoms with Crippen molar-refractivity contribution in [3.8, 4) is 0 Å². The molecule has 0 aliphatic heterocycles. The molecule has 1 aliphatic rings. The Morgan fingerprint density at radius 1 is 1.45 bits per heavy atom. The Morgan fingerprint density at radius 2 is 2.20 bits per heavy atom. The van der Waals surface area contributed by atoms with Crippen molar-refractivity contribution in [1.29, 1.82) is 0 Å². The maximum absolute atomic E-state index is 11.3. The lowest BCUT2D eigenvalue weighted by molar-refractivity contribution is -0.128. The van der Waals surface area contributed by atoms with E-state index in [9.17, 15) is 9.90 Å². The van der Waals surface area contributed by atoms with Gasteiger partial charge >= 0.3 is 0 Å². The number of aliphatic hydroxyl groups is 1. The van der Waals surface area contributed by atoms with Crippen LogP contribution in [-0.2, 0) is 9.53 Å². The zero-order valence-corrected chi connectivity index (χ0v) is 13.1. The molecule has 0 aromatic carbocycles. The van der Waals surface area contributed by atoms with Crippen molar-refractivity contribution in [2.24, 2.45) is 5.92 Å². The summed E-state index contributed by atoms with van der Waals surface area (Å²) in [6.45, 7) is 3.71. The van der Waals surface area contributed by atoms with Gasteiger partial charge in [-0.25, -0.2) is 0 Å². The van der Waals surface area contributed by atoms with Crippen LogP contribution in [0.3, 0.4) is 0 Å². The minimum atomic E-state index is -0.498. The number of carbonyl (C=O) groups excluding carboxylic acids is 1. The SMILES string of the molecule is CC1CCCC(OCC(O)CNCCC(=O)N(C)C)C1. The molecule has 0 bridgehead atoms. The van der Waals surface area contributed by atoms with Crippen molar-refractivity contribution in [1.82, 2.24) is 10.2 Å². The molecule has 2 N–H and O–H groups in total. The van der Waals surface area contributed by atoms with Crippen molar-refractivity contribution in [3.63, 3.8) is 0 Å². The second-order valence-corrected chi connectivity index (χ2v) is 6.12. The average molecular weight is 286 g/mol. The van der Waals surface area contributed by atoms with E-state index in [1.807, 2.05) is 0 Å². The van der Waals surface area contributed by atoms with Gasteiger partial charge in [0.1, 0.15) is 0 Å². The predicted molar refractivity (Wildman–Crippen MR) is 79.6 cm³/mol. The largest absolute Gasteiger partial charge is 0.389 e. The normalized spacial score (nSPS) is 24.4. The van der Waals surface area contributed by atoms with Crippen LogP contribution in [-0.4, -0.2) is 61.9 Å². The number of amides is 1. The maximum atomic E-state index is 11.3. The minimum Gasteiger partial charge on any atom is -0.389 e. The molecule has 1 saturated carbocycles. The number of nitrogens with zero attached hydrogens (tertiary/aromatic N) is 1. The zero-order valence-electron chi connectivity index (χ0n) is 13.1. The van der Waals surface area contributed by atoms with Crippen LogP contribution in [0.5, 0.6) is 0 Å². The van der Waals surface area contributed by atoms with Gasteiger partial charge in [0, 0.05) is 33.6 Å². The number of ether oxygens (including phenoxy) is 1. The van der Waals surface area contributed by atoms with Gasteiger partial charge in [-0.1, -0.05) is 19.8 Å². The van der Waals surface area contributed by atoms with Gasteiger partial charge in [0.25, 0.3) is 0 Å². The topological polar surface area (TPSA) is 61.8 Å². The van der Waals surface area contributed by atoms with Crippen LogP contribution in [0.15, 0.2) is 0 Å². The summed E-state index contributed by atoms with van der Waals surface area (Å²) in [5.41, 5.74) is 0. The van der Waals surface area contributed by atoms with Crippen molar-refractivity contribution < 1.29 is 14.6 Å². The third kappa shape index (κ3) is 7.22. The van der Waals surface area contributed by atoms with E-state index in [2.05, 4.69) is 12.2 Å². The number of hydrogen-bond acceptors (Lipinski definition) is 4. The van der Waals surface area contributed by atoms with Gasteiger partial charge in [-0.15, -0.1) is 0 Å². The van der Waals surface area contributed by atoms with Crippen LogP contribution in [0.2, 0.25) is 0 Å². The average Bonchev–Trinajstić information content (AvgIpc) is 2.41. The molecule has 1 fully saturated rings. The molecule has 118 valence electrons. The number of nitrogens with one attached hydrogen (secondary N) is 1. The lowest BCUT2D eigenvalue weighted by atomic mass is 9.89. The van der Waals surface area contributed by atoms with Gasteiger partial charge in [0.2, 0.25) is 5.91 Å². The summed E-state index contributed by atoms with van der Waals surface area (Å²) >= 11 is 0. The highest BCUT2D eigenvalue weighted by Crippen LogP contribution is 2.25. The van der Waals surface area contributed by atoms with Crippen molar-refractivity contribution >= 4 is 5.91 Å². The Kier molecular flexibility index (Phi) is 8.11. The van der Waals surface area contributed by atoms with Crippen LogP contribution in [0.4, 0.5) is 0 Å². The quantitative estimate of drug-likeness (QED) is 0.654. The fraction of sp³-hybridized carbons (Fsp3) is 0.933. The molecule has 1 amide bonds. The number of carbonyl (C=O) groups is 1. The third-order valence-electron chi connectivity index (χ3n) is 3.81. The summed E-state index contributed by atoms with van der Waals surface area (Å²) in [6, 6.07) is 0. The molecule has 1 rings (SSSR count). The Balaban J connectivity index is 2.02. The molecular formula is C15H30N2O3. The summed E-state index contributed by atoms with van der Waals surface area (Å²) in [4.78, 5) is 12.9. The van der Waals surface area contributed by atoms with Crippen LogP contribution in [0, 0.1) is 5.92 Å². The standard InChI is InChI=1S/C15H30N2O3/c1-12-5-4-6-14(9-12)20-11-13(18)10-16-8-7-15(19)17(2)3/h12-14,16,18H,4-11H2,1-3H3. The molecule has 5 heteroatoms.